The Bertz CT molecular complexity index is 385. The molecule has 1 aliphatic carbocycles. The number of alkyl halides is 5. The lowest BCUT2D eigenvalue weighted by molar-refractivity contribution is -0.537. The highest BCUT2D eigenvalue weighted by Gasteiger charge is 2.52. The van der Waals surface area contributed by atoms with Crippen LogP contribution in [-0.2, 0) is 0 Å². The van der Waals surface area contributed by atoms with E-state index in [1.807, 2.05) is 0 Å². The third-order valence-electron chi connectivity index (χ3n) is 3.97. The summed E-state index contributed by atoms with van der Waals surface area (Å²) in [7, 11) is 0. The summed E-state index contributed by atoms with van der Waals surface area (Å²) >= 11 is 11.9. The van der Waals surface area contributed by atoms with Crippen LogP contribution >= 0.6 is 23.2 Å². The summed E-state index contributed by atoms with van der Waals surface area (Å²) in [6.45, 7) is 0.244. The molecular formula is C10H14Cl2F3N3O2. The number of nitrogens with one attached hydrogen (secondary N) is 1. The topological polar surface area (TPSA) is 58.4 Å². The molecule has 5 unspecified atom stereocenters. The lowest BCUT2D eigenvalue weighted by Gasteiger charge is -2.37. The van der Waals surface area contributed by atoms with Gasteiger partial charge in [0.25, 0.3) is 0 Å². The van der Waals surface area contributed by atoms with E-state index in [1.165, 1.54) is 0 Å². The van der Waals surface area contributed by atoms with Gasteiger partial charge in [0.05, 0.1) is 18.6 Å². The van der Waals surface area contributed by atoms with Crippen molar-refractivity contribution in [1.29, 1.82) is 0 Å². The molecule has 1 saturated carbocycles. The Morgan fingerprint density at radius 2 is 1.95 bits per heavy atom. The molecule has 5 nitrogen and oxygen atoms in total. The van der Waals surface area contributed by atoms with Crippen LogP contribution in [0, 0.1) is 16.0 Å². The van der Waals surface area contributed by atoms with Crippen molar-refractivity contribution in [3.8, 4) is 0 Å². The molecule has 1 aliphatic heterocycles. The molecule has 0 bridgehead atoms. The van der Waals surface area contributed by atoms with Gasteiger partial charge in [0, 0.05) is 11.3 Å². The van der Waals surface area contributed by atoms with Crippen LogP contribution in [0.25, 0.3) is 0 Å². The normalized spacial score (nSPS) is 40.0. The Morgan fingerprint density at radius 1 is 1.30 bits per heavy atom. The second-order valence-corrected chi connectivity index (χ2v) is 6.04. The molecule has 20 heavy (non-hydrogen) atoms. The fraction of sp³-hybridized carbons (Fsp3) is 1.00. The van der Waals surface area contributed by atoms with Crippen molar-refractivity contribution in [1.82, 2.24) is 10.2 Å². The first-order valence-electron chi connectivity index (χ1n) is 6.19. The second-order valence-electron chi connectivity index (χ2n) is 5.12. The predicted octanol–water partition coefficient (Wildman–Crippen LogP) is 2.36. The summed E-state index contributed by atoms with van der Waals surface area (Å²) < 4.78 is 38.2. The average molecular weight is 336 g/mol. The number of rotatable bonds is 2. The highest BCUT2D eigenvalue weighted by atomic mass is 35.5. The fourth-order valence-electron chi connectivity index (χ4n) is 2.89. The van der Waals surface area contributed by atoms with Crippen LogP contribution in [-0.4, -0.2) is 45.8 Å². The standard InChI is InChI=1S/C10H14Cl2F3N3O2/c11-8-9(12)17(4-16-8)6-2-1-5(10(13,14)15)3-7(6)18(19)20/h5-9,16H,1-4H2. The number of hydrogen-bond donors (Lipinski definition) is 1. The Hall–Kier alpha value is -0.310. The van der Waals surface area contributed by atoms with Gasteiger partial charge < -0.3 is 0 Å². The van der Waals surface area contributed by atoms with Gasteiger partial charge in [0.15, 0.2) is 0 Å². The van der Waals surface area contributed by atoms with E-state index in [9.17, 15) is 23.3 Å². The molecular weight excluding hydrogens is 322 g/mol. The molecule has 0 amide bonds. The van der Waals surface area contributed by atoms with Crippen molar-refractivity contribution in [2.24, 2.45) is 5.92 Å². The minimum atomic E-state index is -4.39. The molecule has 5 atom stereocenters. The summed E-state index contributed by atoms with van der Waals surface area (Å²) in [5, 5.41) is 13.9. The third-order valence-corrected chi connectivity index (χ3v) is 4.99. The van der Waals surface area contributed by atoms with E-state index in [0.29, 0.717) is 0 Å². The largest absolute Gasteiger partial charge is 0.392 e. The van der Waals surface area contributed by atoms with Crippen LogP contribution in [0.2, 0.25) is 0 Å². The molecule has 10 heteroatoms. The maximum absolute atomic E-state index is 12.7. The molecule has 1 heterocycles. The molecule has 0 spiro atoms. The minimum absolute atomic E-state index is 0.0876. The van der Waals surface area contributed by atoms with Gasteiger partial charge in [-0.15, -0.1) is 23.2 Å². The van der Waals surface area contributed by atoms with Crippen LogP contribution in [0.4, 0.5) is 13.2 Å². The van der Waals surface area contributed by atoms with Crippen LogP contribution in [0.3, 0.4) is 0 Å². The highest BCUT2D eigenvalue weighted by Crippen LogP contribution is 2.41. The molecule has 1 saturated heterocycles. The summed E-state index contributed by atoms with van der Waals surface area (Å²) in [6.07, 6.45) is -4.93. The maximum Gasteiger partial charge on any atom is 0.392 e. The van der Waals surface area contributed by atoms with Gasteiger partial charge in [-0.2, -0.15) is 13.2 Å². The second kappa shape index (κ2) is 5.82. The van der Waals surface area contributed by atoms with Gasteiger partial charge >= 0.3 is 6.18 Å². The molecule has 116 valence electrons. The van der Waals surface area contributed by atoms with E-state index >= 15 is 0 Å². The summed E-state index contributed by atoms with van der Waals surface area (Å²) in [4.78, 5) is 12.0. The number of halogens is 5. The van der Waals surface area contributed by atoms with Crippen LogP contribution in [0.5, 0.6) is 0 Å². The predicted molar refractivity (Wildman–Crippen MR) is 67.1 cm³/mol. The maximum atomic E-state index is 12.7. The summed E-state index contributed by atoms with van der Waals surface area (Å²) in [5.41, 5.74) is -1.23. The number of hydrogen-bond acceptors (Lipinski definition) is 4. The van der Waals surface area contributed by atoms with Crippen LogP contribution in [0.15, 0.2) is 0 Å². The summed E-state index contributed by atoms with van der Waals surface area (Å²) in [5.74, 6) is -1.62. The number of nitro groups is 1. The first kappa shape index (κ1) is 16.1. The molecule has 2 aliphatic rings. The van der Waals surface area contributed by atoms with E-state index in [2.05, 4.69) is 5.32 Å². The monoisotopic (exact) mass is 335 g/mol. The summed E-state index contributed by atoms with van der Waals surface area (Å²) in [6, 6.07) is -1.90. The highest BCUT2D eigenvalue weighted by molar-refractivity contribution is 6.29. The van der Waals surface area contributed by atoms with E-state index in [4.69, 9.17) is 23.2 Å². The van der Waals surface area contributed by atoms with E-state index in [1.54, 1.807) is 4.90 Å². The third kappa shape index (κ3) is 3.13. The zero-order valence-electron chi connectivity index (χ0n) is 10.3. The quantitative estimate of drug-likeness (QED) is 0.364. The van der Waals surface area contributed by atoms with Crippen molar-refractivity contribution < 1.29 is 18.1 Å². The molecule has 2 fully saturated rings. The lowest BCUT2D eigenvalue weighted by Crippen LogP contribution is -2.53. The molecule has 0 aromatic carbocycles. The number of nitrogens with zero attached hydrogens (tertiary/aromatic N) is 2. The van der Waals surface area contributed by atoms with E-state index in [-0.39, 0.29) is 19.5 Å². The Labute approximate surface area is 123 Å². The lowest BCUT2D eigenvalue weighted by atomic mass is 9.81. The Balaban J connectivity index is 2.12. The molecule has 2 rings (SSSR count). The molecule has 0 aromatic rings. The minimum Gasteiger partial charge on any atom is -0.286 e. The smallest absolute Gasteiger partial charge is 0.286 e. The van der Waals surface area contributed by atoms with Crippen molar-refractivity contribution >= 4 is 23.2 Å². The zero-order chi connectivity index (χ0) is 15.1. The van der Waals surface area contributed by atoms with Gasteiger partial charge in [0.1, 0.15) is 11.0 Å². The fourth-order valence-corrected chi connectivity index (χ4v) is 3.40. The van der Waals surface area contributed by atoms with Crippen LogP contribution in [0.1, 0.15) is 19.3 Å². The van der Waals surface area contributed by atoms with Gasteiger partial charge in [-0.1, -0.05) is 0 Å². The van der Waals surface area contributed by atoms with Gasteiger partial charge in [0.2, 0.25) is 6.04 Å². The first-order valence-corrected chi connectivity index (χ1v) is 7.06. The van der Waals surface area contributed by atoms with Crippen molar-refractivity contribution in [2.75, 3.05) is 6.67 Å². The van der Waals surface area contributed by atoms with Gasteiger partial charge in [-0.25, -0.2) is 0 Å². The first-order chi connectivity index (χ1) is 9.21. The zero-order valence-corrected chi connectivity index (χ0v) is 11.8. The van der Waals surface area contributed by atoms with E-state index in [0.717, 1.165) is 0 Å². The van der Waals surface area contributed by atoms with Gasteiger partial charge in [-0.05, 0) is 12.8 Å². The van der Waals surface area contributed by atoms with Crippen LogP contribution < -0.4 is 5.32 Å². The van der Waals surface area contributed by atoms with Crippen molar-refractivity contribution in [3.05, 3.63) is 10.1 Å². The van der Waals surface area contributed by atoms with Crippen molar-refractivity contribution in [2.45, 2.75) is 48.5 Å². The van der Waals surface area contributed by atoms with E-state index < -0.39 is 46.5 Å². The Kier molecular flexibility index (Phi) is 4.68. The molecule has 0 radical (unpaired) electrons. The Morgan fingerprint density at radius 3 is 2.40 bits per heavy atom. The SMILES string of the molecule is O=[N+]([O-])C1CC(C(F)(F)F)CCC1N1CNC(Cl)C1Cl. The molecule has 0 aromatic heterocycles. The van der Waals surface area contributed by atoms with Gasteiger partial charge in [-0.3, -0.25) is 20.3 Å². The average Bonchev–Trinajstić information content (AvgIpc) is 2.68. The van der Waals surface area contributed by atoms with Crippen molar-refractivity contribution in [3.63, 3.8) is 0 Å². The molecule has 1 N–H and O–H groups in total.